The van der Waals surface area contributed by atoms with Crippen LogP contribution in [0.1, 0.15) is 23.0 Å². The number of hydrazine groups is 1. The number of hydrogen-bond donors (Lipinski definition) is 3. The summed E-state index contributed by atoms with van der Waals surface area (Å²) in [6, 6.07) is 8.96. The van der Waals surface area contributed by atoms with E-state index in [2.05, 4.69) is 15.7 Å². The van der Waals surface area contributed by atoms with Crippen molar-refractivity contribution in [3.8, 4) is 5.75 Å². The second-order valence-electron chi connectivity index (χ2n) is 4.40. The van der Waals surface area contributed by atoms with Crippen LogP contribution in [-0.4, -0.2) is 17.5 Å². The van der Waals surface area contributed by atoms with E-state index in [0.717, 1.165) is 5.69 Å². The molecule has 1 heterocycles. The first-order valence-corrected chi connectivity index (χ1v) is 6.62. The Kier molecular flexibility index (Phi) is 4.73. The van der Waals surface area contributed by atoms with E-state index in [4.69, 9.17) is 10.6 Å². The third-order valence-corrected chi connectivity index (χ3v) is 2.88. The van der Waals surface area contributed by atoms with Gasteiger partial charge in [-0.05, 0) is 32.0 Å². The summed E-state index contributed by atoms with van der Waals surface area (Å²) in [5.41, 5.74) is 4.78. The van der Waals surface area contributed by atoms with Crippen molar-refractivity contribution >= 4 is 17.3 Å². The maximum absolute atomic E-state index is 12.4. The number of nitrogens with two attached hydrogens (primary N) is 1. The number of anilines is 2. The smallest absolute Gasteiger partial charge is 0.259 e. The number of rotatable bonds is 5. The fourth-order valence-corrected chi connectivity index (χ4v) is 1.90. The molecule has 4 N–H and O–H groups in total. The molecule has 0 fully saturated rings. The van der Waals surface area contributed by atoms with Crippen LogP contribution in [0.25, 0.3) is 0 Å². The Morgan fingerprint density at radius 1 is 1.33 bits per heavy atom. The van der Waals surface area contributed by atoms with Gasteiger partial charge >= 0.3 is 0 Å². The molecular formula is C15H18N4O2. The molecule has 110 valence electrons. The molecule has 21 heavy (non-hydrogen) atoms. The van der Waals surface area contributed by atoms with Crippen LogP contribution in [0, 0.1) is 6.92 Å². The molecule has 0 aliphatic heterocycles. The van der Waals surface area contributed by atoms with Crippen molar-refractivity contribution in [3.63, 3.8) is 0 Å². The standard InChI is InChI=1S/C15H18N4O2/c1-3-21-14-7-5-4-6-12(14)18-15(20)11-9-17-10(2)8-13(11)19-16/h4-9H,3,16H2,1-2H3,(H,17,19)(H,18,20). The average molecular weight is 286 g/mol. The molecule has 1 aromatic carbocycles. The zero-order chi connectivity index (χ0) is 15.2. The van der Waals surface area contributed by atoms with Gasteiger partial charge in [-0.3, -0.25) is 15.6 Å². The number of pyridine rings is 1. The van der Waals surface area contributed by atoms with Crippen molar-refractivity contribution in [1.29, 1.82) is 0 Å². The van der Waals surface area contributed by atoms with Gasteiger partial charge in [-0.1, -0.05) is 12.1 Å². The number of benzene rings is 1. The molecule has 2 aromatic rings. The molecule has 0 saturated carbocycles. The van der Waals surface area contributed by atoms with Gasteiger partial charge in [-0.15, -0.1) is 0 Å². The number of para-hydroxylation sites is 2. The van der Waals surface area contributed by atoms with E-state index in [1.807, 2.05) is 26.0 Å². The van der Waals surface area contributed by atoms with Gasteiger partial charge in [0.15, 0.2) is 0 Å². The Labute approximate surface area is 123 Å². The summed E-state index contributed by atoms with van der Waals surface area (Å²) >= 11 is 0. The molecular weight excluding hydrogens is 268 g/mol. The van der Waals surface area contributed by atoms with Crippen LogP contribution in [0.2, 0.25) is 0 Å². The van der Waals surface area contributed by atoms with Crippen molar-refractivity contribution in [2.45, 2.75) is 13.8 Å². The maximum atomic E-state index is 12.4. The van der Waals surface area contributed by atoms with Crippen molar-refractivity contribution in [2.24, 2.45) is 5.84 Å². The van der Waals surface area contributed by atoms with E-state index in [0.29, 0.717) is 29.3 Å². The minimum atomic E-state index is -0.303. The lowest BCUT2D eigenvalue weighted by Crippen LogP contribution is -2.18. The van der Waals surface area contributed by atoms with Gasteiger partial charge in [0.2, 0.25) is 0 Å². The van der Waals surface area contributed by atoms with Crippen LogP contribution in [0.3, 0.4) is 0 Å². The number of carbonyl (C=O) groups is 1. The van der Waals surface area contributed by atoms with E-state index in [1.165, 1.54) is 6.20 Å². The second-order valence-corrected chi connectivity index (χ2v) is 4.40. The van der Waals surface area contributed by atoms with Gasteiger partial charge in [0, 0.05) is 11.9 Å². The van der Waals surface area contributed by atoms with E-state index in [1.54, 1.807) is 18.2 Å². The SMILES string of the molecule is CCOc1ccccc1NC(=O)c1cnc(C)cc1NN. The number of ether oxygens (including phenoxy) is 1. The van der Waals surface area contributed by atoms with Gasteiger partial charge in [-0.25, -0.2) is 0 Å². The Morgan fingerprint density at radius 2 is 2.10 bits per heavy atom. The van der Waals surface area contributed by atoms with Gasteiger partial charge in [-0.2, -0.15) is 0 Å². The zero-order valence-corrected chi connectivity index (χ0v) is 12.0. The quantitative estimate of drug-likeness (QED) is 0.580. The van der Waals surface area contributed by atoms with Crippen molar-refractivity contribution in [3.05, 3.63) is 47.8 Å². The monoisotopic (exact) mass is 286 g/mol. The van der Waals surface area contributed by atoms with Gasteiger partial charge in [0.1, 0.15) is 5.75 Å². The lowest BCUT2D eigenvalue weighted by Gasteiger charge is -2.13. The lowest BCUT2D eigenvalue weighted by atomic mass is 10.2. The Hall–Kier alpha value is -2.60. The number of aromatic nitrogens is 1. The molecule has 0 bridgehead atoms. The summed E-state index contributed by atoms with van der Waals surface area (Å²) in [5, 5.41) is 2.81. The molecule has 0 saturated heterocycles. The van der Waals surface area contributed by atoms with Gasteiger partial charge < -0.3 is 15.5 Å². The number of hydrogen-bond acceptors (Lipinski definition) is 5. The zero-order valence-electron chi connectivity index (χ0n) is 12.0. The summed E-state index contributed by atoms with van der Waals surface area (Å²) < 4.78 is 5.48. The first-order valence-electron chi connectivity index (χ1n) is 6.62. The average Bonchev–Trinajstić information content (AvgIpc) is 2.49. The number of aryl methyl sites for hydroxylation is 1. The third kappa shape index (κ3) is 3.49. The predicted molar refractivity (Wildman–Crippen MR) is 82.3 cm³/mol. The van der Waals surface area contributed by atoms with E-state index >= 15 is 0 Å². The number of nitrogen functional groups attached to an aromatic ring is 1. The van der Waals surface area contributed by atoms with E-state index in [9.17, 15) is 4.79 Å². The fraction of sp³-hybridized carbons (Fsp3) is 0.200. The largest absolute Gasteiger partial charge is 0.492 e. The summed E-state index contributed by atoms with van der Waals surface area (Å²) in [4.78, 5) is 16.5. The Bertz CT molecular complexity index is 643. The van der Waals surface area contributed by atoms with Crippen LogP contribution < -0.4 is 21.3 Å². The van der Waals surface area contributed by atoms with Crippen LogP contribution in [-0.2, 0) is 0 Å². The second kappa shape index (κ2) is 6.71. The predicted octanol–water partition coefficient (Wildman–Crippen LogP) is 2.33. The summed E-state index contributed by atoms with van der Waals surface area (Å²) in [6.07, 6.45) is 1.49. The van der Waals surface area contributed by atoms with Gasteiger partial charge in [0.25, 0.3) is 5.91 Å². The summed E-state index contributed by atoms with van der Waals surface area (Å²) in [7, 11) is 0. The highest BCUT2D eigenvalue weighted by molar-refractivity contribution is 6.08. The normalized spacial score (nSPS) is 10.0. The highest BCUT2D eigenvalue weighted by Crippen LogP contribution is 2.25. The molecule has 6 heteroatoms. The molecule has 2 rings (SSSR count). The highest BCUT2D eigenvalue weighted by Gasteiger charge is 2.14. The summed E-state index contributed by atoms with van der Waals surface area (Å²) in [6.45, 7) is 4.24. The molecule has 0 atom stereocenters. The van der Waals surface area contributed by atoms with Crippen molar-refractivity contribution in [2.75, 3.05) is 17.3 Å². The molecule has 0 unspecified atom stereocenters. The molecule has 0 aliphatic rings. The molecule has 0 aliphatic carbocycles. The number of nitrogens with zero attached hydrogens (tertiary/aromatic N) is 1. The molecule has 6 nitrogen and oxygen atoms in total. The minimum absolute atomic E-state index is 0.303. The van der Waals surface area contributed by atoms with E-state index in [-0.39, 0.29) is 5.91 Å². The topological polar surface area (TPSA) is 89.3 Å². The molecule has 0 spiro atoms. The molecule has 1 amide bonds. The number of carbonyl (C=O) groups excluding carboxylic acids is 1. The van der Waals surface area contributed by atoms with Crippen LogP contribution >= 0.6 is 0 Å². The first-order chi connectivity index (χ1) is 10.2. The fourth-order valence-electron chi connectivity index (χ4n) is 1.90. The lowest BCUT2D eigenvalue weighted by molar-refractivity contribution is 0.102. The van der Waals surface area contributed by atoms with E-state index < -0.39 is 0 Å². The molecule has 0 radical (unpaired) electrons. The minimum Gasteiger partial charge on any atom is -0.492 e. The number of amides is 1. The summed E-state index contributed by atoms with van der Waals surface area (Å²) in [5.74, 6) is 5.76. The Morgan fingerprint density at radius 3 is 2.81 bits per heavy atom. The number of nitrogens with one attached hydrogen (secondary N) is 2. The van der Waals surface area contributed by atoms with Gasteiger partial charge in [0.05, 0.1) is 23.5 Å². The van der Waals surface area contributed by atoms with Crippen LogP contribution in [0.5, 0.6) is 5.75 Å². The maximum Gasteiger partial charge on any atom is 0.259 e. The highest BCUT2D eigenvalue weighted by atomic mass is 16.5. The first kappa shape index (κ1) is 14.8. The van der Waals surface area contributed by atoms with Crippen molar-refractivity contribution in [1.82, 2.24) is 4.98 Å². The van der Waals surface area contributed by atoms with Crippen LogP contribution in [0.15, 0.2) is 36.5 Å². The molecule has 1 aromatic heterocycles. The van der Waals surface area contributed by atoms with Crippen LogP contribution in [0.4, 0.5) is 11.4 Å². The Balaban J connectivity index is 2.26. The third-order valence-electron chi connectivity index (χ3n) is 2.88. The van der Waals surface area contributed by atoms with Crippen molar-refractivity contribution < 1.29 is 9.53 Å².